The van der Waals surface area contributed by atoms with E-state index in [9.17, 15) is 4.39 Å². The molecule has 0 saturated heterocycles. The lowest BCUT2D eigenvalue weighted by Gasteiger charge is -2.08. The number of rotatable bonds is 3. The fourth-order valence-electron chi connectivity index (χ4n) is 1.35. The molecule has 1 aromatic carbocycles. The number of anilines is 2. The number of ether oxygens (including phenoxy) is 1. The minimum Gasteiger partial charge on any atom is -0.494 e. The van der Waals surface area contributed by atoms with Crippen LogP contribution < -0.4 is 10.1 Å². The molecular formula is C11H12FN3O. The maximum atomic E-state index is 13.2. The van der Waals surface area contributed by atoms with Crippen LogP contribution in [-0.4, -0.2) is 16.7 Å². The number of hydrogen-bond donors (Lipinski definition) is 1. The Bertz CT molecular complexity index is 496. The molecule has 84 valence electrons. The van der Waals surface area contributed by atoms with E-state index in [1.807, 2.05) is 17.8 Å². The molecule has 0 atom stereocenters. The summed E-state index contributed by atoms with van der Waals surface area (Å²) in [5.74, 6) is 0.515. The second kappa shape index (κ2) is 4.22. The Morgan fingerprint density at radius 3 is 2.88 bits per heavy atom. The predicted octanol–water partition coefficient (Wildman–Crippen LogP) is 2.31. The standard InChI is InChI=1S/C11H12FN3O/c1-15-6-5-13-11(15)14-8-3-4-9(12)10(7-8)16-2/h3-7H,1-2H3,(H,13,14). The van der Waals surface area contributed by atoms with Gasteiger partial charge in [0, 0.05) is 31.2 Å². The van der Waals surface area contributed by atoms with Crippen LogP contribution in [-0.2, 0) is 7.05 Å². The molecule has 2 aromatic rings. The Labute approximate surface area is 92.7 Å². The van der Waals surface area contributed by atoms with Crippen molar-refractivity contribution in [1.29, 1.82) is 0 Å². The van der Waals surface area contributed by atoms with E-state index in [1.165, 1.54) is 13.2 Å². The highest BCUT2D eigenvalue weighted by molar-refractivity contribution is 5.56. The van der Waals surface area contributed by atoms with Crippen molar-refractivity contribution in [2.75, 3.05) is 12.4 Å². The largest absolute Gasteiger partial charge is 0.494 e. The molecule has 16 heavy (non-hydrogen) atoms. The van der Waals surface area contributed by atoms with Gasteiger partial charge >= 0.3 is 0 Å². The maximum absolute atomic E-state index is 13.2. The van der Waals surface area contributed by atoms with E-state index in [1.54, 1.807) is 18.3 Å². The molecule has 1 aromatic heterocycles. The van der Waals surface area contributed by atoms with E-state index >= 15 is 0 Å². The van der Waals surface area contributed by atoms with Gasteiger partial charge < -0.3 is 14.6 Å². The summed E-state index contributed by atoms with van der Waals surface area (Å²) in [6.07, 6.45) is 3.51. The summed E-state index contributed by atoms with van der Waals surface area (Å²) in [4.78, 5) is 4.11. The minimum absolute atomic E-state index is 0.208. The third-order valence-electron chi connectivity index (χ3n) is 2.23. The lowest BCUT2D eigenvalue weighted by Crippen LogP contribution is -1.99. The van der Waals surface area contributed by atoms with Gasteiger partial charge in [-0.3, -0.25) is 0 Å². The zero-order chi connectivity index (χ0) is 11.5. The van der Waals surface area contributed by atoms with Gasteiger partial charge in [0.2, 0.25) is 5.95 Å². The summed E-state index contributed by atoms with van der Waals surface area (Å²) in [6, 6.07) is 4.57. The van der Waals surface area contributed by atoms with E-state index in [0.717, 1.165) is 5.69 Å². The number of nitrogens with one attached hydrogen (secondary N) is 1. The number of imidazole rings is 1. The second-order valence-electron chi connectivity index (χ2n) is 3.34. The number of aryl methyl sites for hydroxylation is 1. The number of hydrogen-bond acceptors (Lipinski definition) is 3. The van der Waals surface area contributed by atoms with Crippen LogP contribution in [0.2, 0.25) is 0 Å². The number of aromatic nitrogens is 2. The third kappa shape index (κ3) is 1.98. The summed E-state index contributed by atoms with van der Waals surface area (Å²) < 4.78 is 19.9. The highest BCUT2D eigenvalue weighted by Gasteiger charge is 2.05. The number of nitrogens with zero attached hydrogens (tertiary/aromatic N) is 2. The summed E-state index contributed by atoms with van der Waals surface area (Å²) in [5.41, 5.74) is 0.729. The third-order valence-corrected chi connectivity index (χ3v) is 2.23. The normalized spacial score (nSPS) is 10.2. The van der Waals surface area contributed by atoms with E-state index in [4.69, 9.17) is 4.74 Å². The Hall–Kier alpha value is -2.04. The van der Waals surface area contributed by atoms with Gasteiger partial charge in [0.1, 0.15) is 0 Å². The summed E-state index contributed by atoms with van der Waals surface area (Å²) >= 11 is 0. The van der Waals surface area contributed by atoms with Crippen molar-refractivity contribution < 1.29 is 9.13 Å². The molecule has 4 nitrogen and oxygen atoms in total. The summed E-state index contributed by atoms with van der Waals surface area (Å²) in [5, 5.41) is 3.06. The van der Waals surface area contributed by atoms with Gasteiger partial charge in [0.15, 0.2) is 11.6 Å². The lowest BCUT2D eigenvalue weighted by atomic mass is 10.3. The predicted molar refractivity (Wildman–Crippen MR) is 59.4 cm³/mol. The van der Waals surface area contributed by atoms with Gasteiger partial charge in [-0.15, -0.1) is 0 Å². The van der Waals surface area contributed by atoms with Gasteiger partial charge in [0.25, 0.3) is 0 Å². The average molecular weight is 221 g/mol. The SMILES string of the molecule is COc1cc(Nc2nccn2C)ccc1F. The van der Waals surface area contributed by atoms with Crippen molar-refractivity contribution in [2.45, 2.75) is 0 Å². The molecule has 0 saturated carbocycles. The van der Waals surface area contributed by atoms with Crippen molar-refractivity contribution in [3.8, 4) is 5.75 Å². The molecule has 0 amide bonds. The van der Waals surface area contributed by atoms with Crippen LogP contribution >= 0.6 is 0 Å². The van der Waals surface area contributed by atoms with Crippen LogP contribution in [0.5, 0.6) is 5.75 Å². The van der Waals surface area contributed by atoms with Crippen LogP contribution in [0.4, 0.5) is 16.0 Å². The highest BCUT2D eigenvalue weighted by atomic mass is 19.1. The van der Waals surface area contributed by atoms with Crippen LogP contribution in [0.3, 0.4) is 0 Å². The first-order valence-corrected chi connectivity index (χ1v) is 4.78. The van der Waals surface area contributed by atoms with Gasteiger partial charge in [-0.25, -0.2) is 9.37 Å². The zero-order valence-electron chi connectivity index (χ0n) is 9.07. The Morgan fingerprint density at radius 1 is 1.44 bits per heavy atom. The molecule has 1 N–H and O–H groups in total. The van der Waals surface area contributed by atoms with Gasteiger partial charge in [-0.2, -0.15) is 0 Å². The Morgan fingerprint density at radius 2 is 2.25 bits per heavy atom. The molecule has 1 heterocycles. The quantitative estimate of drug-likeness (QED) is 0.864. The van der Waals surface area contributed by atoms with E-state index < -0.39 is 0 Å². The van der Waals surface area contributed by atoms with Crippen LogP contribution in [0, 0.1) is 5.82 Å². The molecular weight excluding hydrogens is 209 g/mol. The molecule has 0 fully saturated rings. The monoisotopic (exact) mass is 221 g/mol. The molecule has 0 bridgehead atoms. The number of benzene rings is 1. The lowest BCUT2D eigenvalue weighted by molar-refractivity contribution is 0.387. The molecule has 2 rings (SSSR count). The van der Waals surface area contributed by atoms with E-state index in [-0.39, 0.29) is 11.6 Å². The maximum Gasteiger partial charge on any atom is 0.207 e. The molecule has 0 spiro atoms. The van der Waals surface area contributed by atoms with Crippen LogP contribution in [0.15, 0.2) is 30.6 Å². The number of halogens is 1. The van der Waals surface area contributed by atoms with Crippen molar-refractivity contribution in [3.05, 3.63) is 36.4 Å². The van der Waals surface area contributed by atoms with Gasteiger partial charge in [-0.05, 0) is 12.1 Å². The average Bonchev–Trinajstić information content (AvgIpc) is 2.67. The molecule has 0 aliphatic heterocycles. The molecule has 0 radical (unpaired) electrons. The van der Waals surface area contributed by atoms with Crippen molar-refractivity contribution in [2.24, 2.45) is 7.05 Å². The summed E-state index contributed by atoms with van der Waals surface area (Å²) in [6.45, 7) is 0. The zero-order valence-corrected chi connectivity index (χ0v) is 9.07. The van der Waals surface area contributed by atoms with Crippen molar-refractivity contribution in [3.63, 3.8) is 0 Å². The highest BCUT2D eigenvalue weighted by Crippen LogP contribution is 2.23. The van der Waals surface area contributed by atoms with Gasteiger partial charge in [-0.1, -0.05) is 0 Å². The summed E-state index contributed by atoms with van der Waals surface area (Å²) in [7, 11) is 3.30. The van der Waals surface area contributed by atoms with E-state index in [2.05, 4.69) is 10.3 Å². The topological polar surface area (TPSA) is 39.1 Å². The fourth-order valence-corrected chi connectivity index (χ4v) is 1.35. The molecule has 0 unspecified atom stereocenters. The van der Waals surface area contributed by atoms with Gasteiger partial charge in [0.05, 0.1) is 7.11 Å². The minimum atomic E-state index is -0.382. The smallest absolute Gasteiger partial charge is 0.207 e. The Balaban J connectivity index is 2.25. The first kappa shape index (κ1) is 10.5. The first-order valence-electron chi connectivity index (χ1n) is 4.78. The fraction of sp³-hybridized carbons (Fsp3) is 0.182. The van der Waals surface area contributed by atoms with Crippen molar-refractivity contribution >= 4 is 11.6 Å². The van der Waals surface area contributed by atoms with Crippen LogP contribution in [0.1, 0.15) is 0 Å². The second-order valence-corrected chi connectivity index (χ2v) is 3.34. The van der Waals surface area contributed by atoms with Crippen LogP contribution in [0.25, 0.3) is 0 Å². The van der Waals surface area contributed by atoms with Crippen molar-refractivity contribution in [1.82, 2.24) is 9.55 Å². The molecule has 0 aliphatic rings. The molecule has 5 heteroatoms. The first-order chi connectivity index (χ1) is 7.70. The van der Waals surface area contributed by atoms with E-state index in [0.29, 0.717) is 5.95 Å². The number of methoxy groups -OCH3 is 1. The molecule has 0 aliphatic carbocycles. The Kier molecular flexibility index (Phi) is 2.76.